The summed E-state index contributed by atoms with van der Waals surface area (Å²) in [6, 6.07) is 14.0. The predicted octanol–water partition coefficient (Wildman–Crippen LogP) is 3.85. The van der Waals surface area contributed by atoms with Gasteiger partial charge in [0.1, 0.15) is 18.0 Å². The van der Waals surface area contributed by atoms with Gasteiger partial charge in [0.2, 0.25) is 0 Å². The summed E-state index contributed by atoms with van der Waals surface area (Å²) in [6.07, 6.45) is -0.0260. The molecule has 2 rings (SSSR count). The second kappa shape index (κ2) is 7.83. The third-order valence-electron chi connectivity index (χ3n) is 3.31. The molecule has 0 radical (unpaired) electrons. The van der Waals surface area contributed by atoms with Crippen molar-refractivity contribution < 1.29 is 24.2 Å². The number of carboxylic acid groups (broad SMARTS) is 1. The van der Waals surface area contributed by atoms with Crippen molar-refractivity contribution in [2.45, 2.75) is 39.4 Å². The van der Waals surface area contributed by atoms with E-state index < -0.39 is 11.6 Å². The maximum absolute atomic E-state index is 12.3. The van der Waals surface area contributed by atoms with Crippen LogP contribution >= 0.6 is 0 Å². The topological polar surface area (TPSA) is 72.8 Å². The van der Waals surface area contributed by atoms with Crippen LogP contribution in [-0.2, 0) is 22.6 Å². The molecule has 0 saturated carbocycles. The molecule has 0 spiro atoms. The number of aliphatic carboxylic acids is 1. The lowest BCUT2D eigenvalue weighted by Gasteiger charge is -2.20. The molecule has 25 heavy (non-hydrogen) atoms. The van der Waals surface area contributed by atoms with Crippen LogP contribution in [0.2, 0.25) is 0 Å². The van der Waals surface area contributed by atoms with Crippen molar-refractivity contribution in [2.75, 3.05) is 0 Å². The van der Waals surface area contributed by atoms with E-state index in [9.17, 15) is 9.59 Å². The molecule has 0 aromatic heterocycles. The molecule has 0 atom stereocenters. The minimum absolute atomic E-state index is 0.0260. The van der Waals surface area contributed by atoms with Crippen molar-refractivity contribution in [3.63, 3.8) is 0 Å². The quantitative estimate of drug-likeness (QED) is 0.807. The summed E-state index contributed by atoms with van der Waals surface area (Å²) < 4.78 is 11.1. The number of esters is 1. The van der Waals surface area contributed by atoms with E-state index in [-0.39, 0.29) is 19.0 Å². The Morgan fingerprint density at radius 1 is 1.00 bits per heavy atom. The highest BCUT2D eigenvalue weighted by Gasteiger charge is 2.20. The Kier molecular flexibility index (Phi) is 5.80. The van der Waals surface area contributed by atoms with Gasteiger partial charge in [-0.15, -0.1) is 0 Å². The molecule has 5 nitrogen and oxygen atoms in total. The molecule has 5 heteroatoms. The van der Waals surface area contributed by atoms with E-state index in [0.29, 0.717) is 16.9 Å². The molecule has 1 N–H and O–H groups in total. The third-order valence-corrected chi connectivity index (χ3v) is 3.31. The Balaban J connectivity index is 2.06. The third kappa shape index (κ3) is 5.95. The molecule has 0 aliphatic heterocycles. The highest BCUT2D eigenvalue weighted by Crippen LogP contribution is 2.19. The first-order valence-electron chi connectivity index (χ1n) is 7.99. The maximum Gasteiger partial charge on any atom is 0.339 e. The fraction of sp³-hybridized carbons (Fsp3) is 0.300. The van der Waals surface area contributed by atoms with Gasteiger partial charge < -0.3 is 14.6 Å². The van der Waals surface area contributed by atoms with E-state index in [1.165, 1.54) is 0 Å². The van der Waals surface area contributed by atoms with Crippen LogP contribution in [0.15, 0.2) is 48.5 Å². The zero-order valence-corrected chi connectivity index (χ0v) is 14.6. The Hall–Kier alpha value is -2.82. The molecule has 0 amide bonds. The summed E-state index contributed by atoms with van der Waals surface area (Å²) >= 11 is 0. The molecule has 2 aromatic rings. The van der Waals surface area contributed by atoms with Crippen molar-refractivity contribution in [3.8, 4) is 5.75 Å². The van der Waals surface area contributed by atoms with E-state index >= 15 is 0 Å². The molecule has 0 aliphatic rings. The minimum atomic E-state index is -0.875. The van der Waals surface area contributed by atoms with E-state index in [1.54, 1.807) is 36.4 Å². The standard InChI is InChI=1S/C20H22O5/c1-20(2,3)25-19(23)17-7-5-4-6-15(17)13-24-16-10-8-14(9-11-16)12-18(21)22/h4-11H,12-13H2,1-3H3,(H,21,22). The van der Waals surface area contributed by atoms with Crippen LogP contribution in [0.1, 0.15) is 42.3 Å². The van der Waals surface area contributed by atoms with E-state index in [0.717, 1.165) is 5.56 Å². The summed E-state index contributed by atoms with van der Waals surface area (Å²) in [5, 5.41) is 8.78. The Labute approximate surface area is 147 Å². The predicted molar refractivity (Wildman–Crippen MR) is 93.7 cm³/mol. The van der Waals surface area contributed by atoms with Crippen LogP contribution < -0.4 is 4.74 Å². The van der Waals surface area contributed by atoms with Gasteiger partial charge in [0.05, 0.1) is 12.0 Å². The van der Waals surface area contributed by atoms with Crippen LogP contribution in [0.4, 0.5) is 0 Å². The van der Waals surface area contributed by atoms with E-state index in [4.69, 9.17) is 14.6 Å². The smallest absolute Gasteiger partial charge is 0.339 e. The van der Waals surface area contributed by atoms with Crippen LogP contribution in [0.5, 0.6) is 5.75 Å². The fourth-order valence-corrected chi connectivity index (χ4v) is 2.22. The first-order chi connectivity index (χ1) is 11.7. The number of carbonyl (C=O) groups excluding carboxylic acids is 1. The molecule has 2 aromatic carbocycles. The van der Waals surface area contributed by atoms with Crippen LogP contribution in [0, 0.1) is 0 Å². The van der Waals surface area contributed by atoms with Crippen molar-refractivity contribution in [3.05, 3.63) is 65.2 Å². The zero-order valence-electron chi connectivity index (χ0n) is 14.6. The molecular weight excluding hydrogens is 320 g/mol. The van der Waals surface area contributed by atoms with Gasteiger partial charge in [-0.05, 0) is 44.5 Å². The summed E-state index contributed by atoms with van der Waals surface area (Å²) in [7, 11) is 0. The molecule has 132 valence electrons. The molecule has 0 heterocycles. The first-order valence-corrected chi connectivity index (χ1v) is 7.99. The maximum atomic E-state index is 12.3. The van der Waals surface area contributed by atoms with Gasteiger partial charge in [-0.25, -0.2) is 4.79 Å². The normalized spacial score (nSPS) is 11.0. The Morgan fingerprint density at radius 2 is 1.64 bits per heavy atom. The minimum Gasteiger partial charge on any atom is -0.489 e. The lowest BCUT2D eigenvalue weighted by molar-refractivity contribution is -0.136. The molecule has 0 bridgehead atoms. The van der Waals surface area contributed by atoms with Crippen LogP contribution in [-0.4, -0.2) is 22.6 Å². The van der Waals surface area contributed by atoms with Crippen molar-refractivity contribution in [1.29, 1.82) is 0 Å². The van der Waals surface area contributed by atoms with Crippen molar-refractivity contribution in [2.24, 2.45) is 0 Å². The molecular formula is C20H22O5. The monoisotopic (exact) mass is 342 g/mol. The van der Waals surface area contributed by atoms with Gasteiger partial charge >= 0.3 is 11.9 Å². The average molecular weight is 342 g/mol. The first kappa shape index (κ1) is 18.5. The van der Waals surface area contributed by atoms with Gasteiger partial charge in [-0.3, -0.25) is 4.79 Å². The second-order valence-corrected chi connectivity index (χ2v) is 6.66. The number of hydrogen-bond donors (Lipinski definition) is 1. The summed E-state index contributed by atoms with van der Waals surface area (Å²) in [5.41, 5.74) is 1.34. The highest BCUT2D eigenvalue weighted by atomic mass is 16.6. The van der Waals surface area contributed by atoms with Gasteiger partial charge in [0.15, 0.2) is 0 Å². The second-order valence-electron chi connectivity index (χ2n) is 6.66. The molecule has 0 unspecified atom stereocenters. The number of benzene rings is 2. The van der Waals surface area contributed by atoms with E-state index in [1.807, 2.05) is 32.9 Å². The molecule has 0 aliphatic carbocycles. The summed E-state index contributed by atoms with van der Waals surface area (Å²) in [5.74, 6) is -0.656. The number of carboxylic acids is 1. The largest absolute Gasteiger partial charge is 0.489 e. The van der Waals surface area contributed by atoms with Crippen LogP contribution in [0.25, 0.3) is 0 Å². The number of carbonyl (C=O) groups is 2. The summed E-state index contributed by atoms with van der Waals surface area (Å²) in [6.45, 7) is 5.68. The highest BCUT2D eigenvalue weighted by molar-refractivity contribution is 5.91. The van der Waals surface area contributed by atoms with E-state index in [2.05, 4.69) is 0 Å². The van der Waals surface area contributed by atoms with Gasteiger partial charge in [0.25, 0.3) is 0 Å². The zero-order chi connectivity index (χ0) is 18.4. The molecule has 0 saturated heterocycles. The fourth-order valence-electron chi connectivity index (χ4n) is 2.22. The molecule has 0 fully saturated rings. The number of rotatable bonds is 6. The SMILES string of the molecule is CC(C)(C)OC(=O)c1ccccc1COc1ccc(CC(=O)O)cc1. The van der Waals surface area contributed by atoms with Crippen LogP contribution in [0.3, 0.4) is 0 Å². The van der Waals surface area contributed by atoms with Gasteiger partial charge in [-0.2, -0.15) is 0 Å². The van der Waals surface area contributed by atoms with Gasteiger partial charge in [-0.1, -0.05) is 30.3 Å². The lowest BCUT2D eigenvalue weighted by Crippen LogP contribution is -2.24. The number of ether oxygens (including phenoxy) is 2. The van der Waals surface area contributed by atoms with Crippen molar-refractivity contribution >= 4 is 11.9 Å². The Bertz CT molecular complexity index is 741. The van der Waals surface area contributed by atoms with Gasteiger partial charge in [0, 0.05) is 5.56 Å². The Morgan fingerprint density at radius 3 is 2.24 bits per heavy atom. The summed E-state index contributed by atoms with van der Waals surface area (Å²) in [4.78, 5) is 23.0. The lowest BCUT2D eigenvalue weighted by atomic mass is 10.1. The van der Waals surface area contributed by atoms with Crippen molar-refractivity contribution in [1.82, 2.24) is 0 Å². The average Bonchev–Trinajstić information content (AvgIpc) is 2.52. The number of hydrogen-bond acceptors (Lipinski definition) is 4.